The molecule has 1 aromatic carbocycles. The van der Waals surface area contributed by atoms with Crippen LogP contribution in [0.25, 0.3) is 10.2 Å². The van der Waals surface area contributed by atoms with Crippen LogP contribution in [-0.4, -0.2) is 21.4 Å². The van der Waals surface area contributed by atoms with Crippen molar-refractivity contribution in [1.82, 2.24) is 9.55 Å². The fraction of sp³-hybridized carbons (Fsp3) is 0.417. The summed E-state index contributed by atoms with van der Waals surface area (Å²) >= 11 is 3.21. The molecule has 3 heterocycles. The van der Waals surface area contributed by atoms with Crippen molar-refractivity contribution in [3.05, 3.63) is 68.8 Å². The second-order valence-corrected chi connectivity index (χ2v) is 10.3. The molecule has 0 aliphatic carbocycles. The fourth-order valence-electron chi connectivity index (χ4n) is 3.75. The Bertz CT molecular complexity index is 1120. The van der Waals surface area contributed by atoms with Gasteiger partial charge in [-0.1, -0.05) is 68.1 Å². The van der Waals surface area contributed by atoms with Crippen LogP contribution >= 0.6 is 23.1 Å². The minimum Gasteiger partial charge on any atom is -0.372 e. The third kappa shape index (κ3) is 4.41. The number of fused-ring (bicyclic) bond motifs is 3. The van der Waals surface area contributed by atoms with E-state index in [1.54, 1.807) is 23.1 Å². The lowest BCUT2D eigenvalue weighted by atomic mass is 9.96. The lowest BCUT2D eigenvalue weighted by Crippen LogP contribution is -2.29. The van der Waals surface area contributed by atoms with Gasteiger partial charge in [0.1, 0.15) is 4.83 Å². The molecule has 0 amide bonds. The minimum absolute atomic E-state index is 0.0852. The van der Waals surface area contributed by atoms with E-state index in [9.17, 15) is 4.79 Å². The van der Waals surface area contributed by atoms with Crippen LogP contribution < -0.4 is 5.56 Å². The number of hydrogen-bond acceptors (Lipinski definition) is 5. The normalized spacial score (nSPS) is 16.2. The van der Waals surface area contributed by atoms with Crippen molar-refractivity contribution in [3.8, 4) is 0 Å². The van der Waals surface area contributed by atoms with Crippen LogP contribution in [-0.2, 0) is 30.7 Å². The molecule has 3 aromatic rings. The lowest BCUT2D eigenvalue weighted by molar-refractivity contribution is 0.00200. The molecule has 0 bridgehead atoms. The Balaban J connectivity index is 1.77. The zero-order valence-electron chi connectivity index (χ0n) is 17.8. The van der Waals surface area contributed by atoms with Crippen molar-refractivity contribution >= 4 is 33.3 Å². The third-order valence-corrected chi connectivity index (χ3v) is 7.76. The highest BCUT2D eigenvalue weighted by Gasteiger charge is 2.28. The number of aryl methyl sites for hydroxylation is 1. The molecule has 0 radical (unpaired) electrons. The number of rotatable bonds is 7. The Kier molecular flexibility index (Phi) is 6.46. The van der Waals surface area contributed by atoms with Crippen LogP contribution in [0.2, 0.25) is 0 Å². The Morgan fingerprint density at radius 1 is 1.37 bits per heavy atom. The van der Waals surface area contributed by atoms with Crippen molar-refractivity contribution < 1.29 is 4.74 Å². The maximum Gasteiger partial charge on any atom is 0.263 e. The van der Waals surface area contributed by atoms with Crippen LogP contribution in [0.3, 0.4) is 0 Å². The molecule has 0 saturated heterocycles. The Morgan fingerprint density at radius 3 is 2.83 bits per heavy atom. The number of hydrogen-bond donors (Lipinski definition) is 0. The predicted octanol–water partition coefficient (Wildman–Crippen LogP) is 5.47. The molecular formula is C24H28N2O2S2. The van der Waals surface area contributed by atoms with Crippen LogP contribution in [0.1, 0.15) is 36.8 Å². The first kappa shape index (κ1) is 21.3. The zero-order chi connectivity index (χ0) is 21.3. The van der Waals surface area contributed by atoms with Crippen LogP contribution in [0.4, 0.5) is 0 Å². The van der Waals surface area contributed by atoms with Gasteiger partial charge in [-0.25, -0.2) is 4.98 Å². The molecular weight excluding hydrogens is 412 g/mol. The third-order valence-electron chi connectivity index (χ3n) is 5.45. The monoisotopic (exact) mass is 440 g/mol. The first-order valence-corrected chi connectivity index (χ1v) is 12.2. The Labute approximate surface area is 186 Å². The molecule has 0 N–H and O–H groups in total. The van der Waals surface area contributed by atoms with Crippen LogP contribution in [0.15, 0.2) is 52.4 Å². The van der Waals surface area contributed by atoms with E-state index in [1.807, 2.05) is 29.7 Å². The Morgan fingerprint density at radius 2 is 2.13 bits per heavy atom. The smallest absolute Gasteiger partial charge is 0.263 e. The van der Waals surface area contributed by atoms with Gasteiger partial charge in [-0.2, -0.15) is 0 Å². The van der Waals surface area contributed by atoms with E-state index in [4.69, 9.17) is 9.72 Å². The van der Waals surface area contributed by atoms with E-state index in [-0.39, 0.29) is 11.7 Å². The van der Waals surface area contributed by atoms with Crippen molar-refractivity contribution in [3.63, 3.8) is 0 Å². The highest BCUT2D eigenvalue weighted by molar-refractivity contribution is 7.99. The van der Waals surface area contributed by atoms with E-state index in [0.717, 1.165) is 50.0 Å². The summed E-state index contributed by atoms with van der Waals surface area (Å²) in [5.74, 6) is 1.18. The number of ether oxygens (including phenoxy) is 1. The van der Waals surface area contributed by atoms with Gasteiger partial charge in [-0.3, -0.25) is 9.36 Å². The van der Waals surface area contributed by atoms with E-state index in [1.165, 1.54) is 5.56 Å². The topological polar surface area (TPSA) is 44.1 Å². The molecule has 2 aromatic heterocycles. The maximum atomic E-state index is 13.7. The van der Waals surface area contributed by atoms with Gasteiger partial charge in [-0.05, 0) is 30.4 Å². The fourth-order valence-corrected chi connectivity index (χ4v) is 5.78. The number of aromatic nitrogens is 2. The summed E-state index contributed by atoms with van der Waals surface area (Å²) in [4.78, 5) is 20.6. The number of thiophene rings is 1. The van der Waals surface area contributed by atoms with Gasteiger partial charge in [0.15, 0.2) is 5.16 Å². The van der Waals surface area contributed by atoms with Gasteiger partial charge in [0.2, 0.25) is 0 Å². The molecule has 1 aliphatic heterocycles. The highest BCUT2D eigenvalue weighted by Crippen LogP contribution is 2.36. The van der Waals surface area contributed by atoms with Gasteiger partial charge in [0, 0.05) is 23.6 Å². The molecule has 0 saturated carbocycles. The highest BCUT2D eigenvalue weighted by atomic mass is 32.2. The molecule has 0 unspecified atom stereocenters. The number of benzene rings is 1. The predicted molar refractivity (Wildman–Crippen MR) is 127 cm³/mol. The average Bonchev–Trinajstić information content (AvgIpc) is 3.10. The molecule has 0 fully saturated rings. The molecule has 6 heteroatoms. The molecule has 0 spiro atoms. The molecule has 1 atom stereocenters. The van der Waals surface area contributed by atoms with E-state index >= 15 is 0 Å². The van der Waals surface area contributed by atoms with Crippen molar-refractivity contribution in [1.29, 1.82) is 0 Å². The van der Waals surface area contributed by atoms with Gasteiger partial charge in [0.05, 0.1) is 18.1 Å². The van der Waals surface area contributed by atoms with Gasteiger partial charge < -0.3 is 4.74 Å². The summed E-state index contributed by atoms with van der Waals surface area (Å²) in [6.45, 7) is 11.6. The quantitative estimate of drug-likeness (QED) is 0.278. The second kappa shape index (κ2) is 9.08. The van der Waals surface area contributed by atoms with Crippen molar-refractivity contribution in [2.45, 2.75) is 58.0 Å². The molecule has 30 heavy (non-hydrogen) atoms. The summed E-state index contributed by atoms with van der Waals surface area (Å²) in [7, 11) is 0. The number of nitrogens with zero attached hydrogens (tertiary/aromatic N) is 2. The van der Waals surface area contributed by atoms with Gasteiger partial charge in [-0.15, -0.1) is 11.3 Å². The van der Waals surface area contributed by atoms with E-state index in [0.29, 0.717) is 19.1 Å². The van der Waals surface area contributed by atoms with E-state index < -0.39 is 0 Å². The second-order valence-electron chi connectivity index (χ2n) is 8.31. The van der Waals surface area contributed by atoms with Crippen molar-refractivity contribution in [2.75, 3.05) is 5.75 Å². The van der Waals surface area contributed by atoms with Crippen molar-refractivity contribution in [2.24, 2.45) is 5.92 Å². The number of thioether (sulfide) groups is 1. The summed E-state index contributed by atoms with van der Waals surface area (Å²) in [5.41, 5.74) is 3.54. The maximum absolute atomic E-state index is 13.7. The van der Waals surface area contributed by atoms with Crippen LogP contribution in [0.5, 0.6) is 0 Å². The van der Waals surface area contributed by atoms with E-state index in [2.05, 4.69) is 32.6 Å². The first-order valence-electron chi connectivity index (χ1n) is 10.4. The largest absolute Gasteiger partial charge is 0.372 e. The first-order chi connectivity index (χ1) is 14.4. The lowest BCUT2D eigenvalue weighted by Gasteiger charge is -2.26. The molecule has 4 rings (SSSR count). The summed E-state index contributed by atoms with van der Waals surface area (Å²) in [6, 6.07) is 10.3. The molecule has 4 nitrogen and oxygen atoms in total. The molecule has 1 aliphatic rings. The zero-order valence-corrected chi connectivity index (χ0v) is 19.4. The molecule has 158 valence electrons. The summed E-state index contributed by atoms with van der Waals surface area (Å²) in [6.07, 6.45) is 1.75. The van der Waals surface area contributed by atoms with Gasteiger partial charge >= 0.3 is 0 Å². The van der Waals surface area contributed by atoms with Crippen LogP contribution in [0, 0.1) is 5.92 Å². The SMILES string of the molecule is C=C(C)CSc1nc2sc3c(c2c(=O)n1CCc1ccccc1)C[C@H](C(C)C)OC3. The Hall–Kier alpha value is -1.89. The van der Waals surface area contributed by atoms with Gasteiger partial charge in [0.25, 0.3) is 5.56 Å². The summed E-state index contributed by atoms with van der Waals surface area (Å²) in [5, 5.41) is 1.59. The summed E-state index contributed by atoms with van der Waals surface area (Å²) < 4.78 is 7.91. The average molecular weight is 441 g/mol. The minimum atomic E-state index is 0.0852. The standard InChI is InChI=1S/C24H28N2O2S2/c1-15(2)14-29-24-25-22-21(18-12-19(16(3)4)28-13-20(18)30-22)23(27)26(24)11-10-17-8-6-5-7-9-17/h5-9,16,19H,1,10-14H2,2-4H3/t19-/m1/s1.